The van der Waals surface area contributed by atoms with Gasteiger partial charge in [-0.05, 0) is 37.5 Å². The Hall–Kier alpha value is -1.27. The summed E-state index contributed by atoms with van der Waals surface area (Å²) in [6.45, 7) is 8.07. The van der Waals surface area contributed by atoms with Gasteiger partial charge in [-0.25, -0.2) is 0 Å². The highest BCUT2D eigenvalue weighted by atomic mass is 79.9. The summed E-state index contributed by atoms with van der Waals surface area (Å²) in [7, 11) is 1.59. The first-order valence-electron chi connectivity index (χ1n) is 7.25. The van der Waals surface area contributed by atoms with Gasteiger partial charge in [0.05, 0.1) is 13.2 Å². The molecule has 0 heterocycles. The molecule has 1 aromatic rings. The number of hydrogen-bond acceptors (Lipinski definition) is 4. The molecule has 0 amide bonds. The Kier molecular flexibility index (Phi) is 7.16. The van der Waals surface area contributed by atoms with Crippen LogP contribution in [0.2, 0.25) is 0 Å². The zero-order valence-corrected chi connectivity index (χ0v) is 15.2. The van der Waals surface area contributed by atoms with Crippen molar-refractivity contribution in [2.24, 2.45) is 5.92 Å². The molecule has 0 aliphatic heterocycles. The summed E-state index contributed by atoms with van der Waals surface area (Å²) in [5, 5.41) is 12.3. The first-order chi connectivity index (χ1) is 10.3. The molecule has 0 bridgehead atoms. The van der Waals surface area contributed by atoms with E-state index < -0.39 is 12.0 Å². The summed E-state index contributed by atoms with van der Waals surface area (Å²) in [5.74, 6) is 0.441. The molecule has 0 saturated carbocycles. The molecule has 0 aromatic heterocycles. The third kappa shape index (κ3) is 5.18. The molecule has 0 radical (unpaired) electrons. The standard InChI is InChI=1S/C16H24BrNO4/c1-9(2)15(16(19)20)18-8-11-6-13(21-5)14(7-12(11)17)22-10(3)4/h6-7,9-10,15,18H,8H2,1-5H3,(H,19,20). The van der Waals surface area contributed by atoms with Crippen molar-refractivity contribution in [3.05, 3.63) is 22.2 Å². The van der Waals surface area contributed by atoms with Crippen molar-refractivity contribution in [1.82, 2.24) is 5.32 Å². The number of carbonyl (C=O) groups is 1. The van der Waals surface area contributed by atoms with Crippen LogP contribution in [0, 0.1) is 5.92 Å². The molecule has 1 aromatic carbocycles. The number of ether oxygens (including phenoxy) is 2. The average molecular weight is 374 g/mol. The predicted octanol–water partition coefficient (Wildman–Crippen LogP) is 3.44. The molecule has 124 valence electrons. The number of aliphatic carboxylic acids is 1. The maximum atomic E-state index is 11.2. The molecule has 0 fully saturated rings. The van der Waals surface area contributed by atoms with Gasteiger partial charge in [0.25, 0.3) is 0 Å². The minimum atomic E-state index is -0.849. The van der Waals surface area contributed by atoms with Crippen LogP contribution in [0.15, 0.2) is 16.6 Å². The number of carboxylic acids is 1. The average Bonchev–Trinajstić information content (AvgIpc) is 2.39. The summed E-state index contributed by atoms with van der Waals surface area (Å²) < 4.78 is 11.9. The number of benzene rings is 1. The predicted molar refractivity (Wildman–Crippen MR) is 89.6 cm³/mol. The van der Waals surface area contributed by atoms with E-state index in [-0.39, 0.29) is 12.0 Å². The molecule has 6 heteroatoms. The highest BCUT2D eigenvalue weighted by Crippen LogP contribution is 2.34. The number of nitrogens with one attached hydrogen (secondary N) is 1. The summed E-state index contributed by atoms with van der Waals surface area (Å²) in [5.41, 5.74) is 0.917. The van der Waals surface area contributed by atoms with Crippen LogP contribution in [-0.2, 0) is 11.3 Å². The van der Waals surface area contributed by atoms with E-state index in [1.165, 1.54) is 0 Å². The molecule has 0 aliphatic rings. The van der Waals surface area contributed by atoms with Gasteiger partial charge in [0, 0.05) is 11.0 Å². The highest BCUT2D eigenvalue weighted by Gasteiger charge is 2.21. The van der Waals surface area contributed by atoms with E-state index in [2.05, 4.69) is 21.2 Å². The Balaban J connectivity index is 2.94. The van der Waals surface area contributed by atoms with Crippen LogP contribution in [-0.4, -0.2) is 30.3 Å². The van der Waals surface area contributed by atoms with Crippen molar-refractivity contribution in [3.8, 4) is 11.5 Å². The van der Waals surface area contributed by atoms with Crippen LogP contribution in [0.3, 0.4) is 0 Å². The van der Waals surface area contributed by atoms with Gasteiger partial charge >= 0.3 is 5.97 Å². The Morgan fingerprint density at radius 3 is 2.36 bits per heavy atom. The fraction of sp³-hybridized carbons (Fsp3) is 0.562. The molecule has 1 rings (SSSR count). The van der Waals surface area contributed by atoms with Crippen molar-refractivity contribution >= 4 is 21.9 Å². The first kappa shape index (κ1) is 18.8. The third-order valence-electron chi connectivity index (χ3n) is 3.14. The van der Waals surface area contributed by atoms with Gasteiger partial charge in [0.15, 0.2) is 11.5 Å². The van der Waals surface area contributed by atoms with Gasteiger partial charge in [0.2, 0.25) is 0 Å². The van der Waals surface area contributed by atoms with Crippen LogP contribution in [0.25, 0.3) is 0 Å². The lowest BCUT2D eigenvalue weighted by atomic mass is 10.0. The number of methoxy groups -OCH3 is 1. The minimum absolute atomic E-state index is 0.00159. The molecule has 1 atom stereocenters. The molecule has 1 unspecified atom stereocenters. The van der Waals surface area contributed by atoms with Crippen molar-refractivity contribution < 1.29 is 19.4 Å². The van der Waals surface area contributed by atoms with Gasteiger partial charge in [-0.15, -0.1) is 0 Å². The Labute approximate surface area is 140 Å². The van der Waals surface area contributed by atoms with Crippen LogP contribution in [0.5, 0.6) is 11.5 Å². The lowest BCUT2D eigenvalue weighted by molar-refractivity contribution is -0.140. The molecular formula is C16H24BrNO4. The van der Waals surface area contributed by atoms with Crippen molar-refractivity contribution in [2.45, 2.75) is 46.4 Å². The second-order valence-corrected chi connectivity index (χ2v) is 6.56. The van der Waals surface area contributed by atoms with Gasteiger partial charge in [0.1, 0.15) is 6.04 Å². The van der Waals surface area contributed by atoms with Gasteiger partial charge < -0.3 is 19.9 Å². The Bertz CT molecular complexity index is 517. The first-order valence-corrected chi connectivity index (χ1v) is 8.04. The molecule has 2 N–H and O–H groups in total. The normalized spacial score (nSPS) is 12.5. The van der Waals surface area contributed by atoms with Gasteiger partial charge in [-0.1, -0.05) is 29.8 Å². The lowest BCUT2D eigenvalue weighted by Gasteiger charge is -2.20. The van der Waals surface area contributed by atoms with Crippen LogP contribution < -0.4 is 14.8 Å². The summed E-state index contributed by atoms with van der Waals surface area (Å²) in [4.78, 5) is 11.2. The number of rotatable bonds is 8. The van der Waals surface area contributed by atoms with E-state index in [0.29, 0.717) is 18.0 Å². The minimum Gasteiger partial charge on any atom is -0.493 e. The summed E-state index contributed by atoms with van der Waals surface area (Å²) >= 11 is 3.50. The summed E-state index contributed by atoms with van der Waals surface area (Å²) in [6, 6.07) is 3.11. The zero-order chi connectivity index (χ0) is 16.9. The van der Waals surface area contributed by atoms with E-state index in [4.69, 9.17) is 9.47 Å². The van der Waals surface area contributed by atoms with E-state index in [1.807, 2.05) is 39.8 Å². The second-order valence-electron chi connectivity index (χ2n) is 5.70. The topological polar surface area (TPSA) is 67.8 Å². The fourth-order valence-electron chi connectivity index (χ4n) is 2.05. The second kappa shape index (κ2) is 8.39. The quantitative estimate of drug-likeness (QED) is 0.730. The smallest absolute Gasteiger partial charge is 0.320 e. The maximum absolute atomic E-state index is 11.2. The van der Waals surface area contributed by atoms with E-state index in [9.17, 15) is 9.90 Å². The summed E-state index contributed by atoms with van der Waals surface area (Å²) in [6.07, 6.45) is 0.0436. The van der Waals surface area contributed by atoms with Crippen LogP contribution >= 0.6 is 15.9 Å². The largest absolute Gasteiger partial charge is 0.493 e. The molecule has 5 nitrogen and oxygen atoms in total. The van der Waals surface area contributed by atoms with Crippen LogP contribution in [0.4, 0.5) is 0 Å². The molecule has 22 heavy (non-hydrogen) atoms. The third-order valence-corrected chi connectivity index (χ3v) is 3.88. The fourth-order valence-corrected chi connectivity index (χ4v) is 2.51. The van der Waals surface area contributed by atoms with Gasteiger partial charge in [-0.3, -0.25) is 4.79 Å². The Morgan fingerprint density at radius 1 is 1.27 bits per heavy atom. The van der Waals surface area contributed by atoms with Crippen molar-refractivity contribution in [2.75, 3.05) is 7.11 Å². The monoisotopic (exact) mass is 373 g/mol. The molecule has 0 saturated heterocycles. The van der Waals surface area contributed by atoms with Crippen molar-refractivity contribution in [1.29, 1.82) is 0 Å². The van der Waals surface area contributed by atoms with Gasteiger partial charge in [-0.2, -0.15) is 0 Å². The van der Waals surface area contributed by atoms with Crippen molar-refractivity contribution in [3.63, 3.8) is 0 Å². The van der Waals surface area contributed by atoms with E-state index in [1.54, 1.807) is 7.11 Å². The maximum Gasteiger partial charge on any atom is 0.320 e. The SMILES string of the molecule is COc1cc(CNC(C(=O)O)C(C)C)c(Br)cc1OC(C)C. The van der Waals surface area contributed by atoms with E-state index in [0.717, 1.165) is 10.0 Å². The number of carboxylic acid groups (broad SMARTS) is 1. The highest BCUT2D eigenvalue weighted by molar-refractivity contribution is 9.10. The molecule has 0 aliphatic carbocycles. The number of hydrogen-bond donors (Lipinski definition) is 2. The number of halogens is 1. The molecular weight excluding hydrogens is 350 g/mol. The lowest BCUT2D eigenvalue weighted by Crippen LogP contribution is -2.40. The van der Waals surface area contributed by atoms with E-state index >= 15 is 0 Å². The van der Waals surface area contributed by atoms with Crippen LogP contribution in [0.1, 0.15) is 33.3 Å². The zero-order valence-electron chi connectivity index (χ0n) is 13.6. The molecule has 0 spiro atoms. The Morgan fingerprint density at radius 2 is 1.91 bits per heavy atom.